The third-order valence-corrected chi connectivity index (χ3v) is 7.34. The number of ether oxygens (including phenoxy) is 2. The molecule has 3 aliphatic rings. The molecule has 2 aromatic carbocycles. The Kier molecular flexibility index (Phi) is 8.03. The van der Waals surface area contributed by atoms with Crippen LogP contribution in [0.15, 0.2) is 60.2 Å². The Morgan fingerprint density at radius 3 is 2.15 bits per heavy atom. The van der Waals surface area contributed by atoms with Gasteiger partial charge in [-0.2, -0.15) is 0 Å². The number of methoxy groups -OCH3 is 1. The summed E-state index contributed by atoms with van der Waals surface area (Å²) in [6, 6.07) is 7.65. The van der Waals surface area contributed by atoms with Crippen molar-refractivity contribution in [1.29, 1.82) is 0 Å². The Labute approximate surface area is 227 Å². The number of aliphatic hydroxyl groups is 2. The van der Waals surface area contributed by atoms with Crippen LogP contribution in [0.2, 0.25) is 0 Å². The Bertz CT molecular complexity index is 1380. The molecule has 2 bridgehead atoms. The van der Waals surface area contributed by atoms with Gasteiger partial charge in [0.2, 0.25) is 6.10 Å². The molecule has 1 fully saturated rings. The van der Waals surface area contributed by atoms with Crippen LogP contribution in [0, 0.1) is 17.8 Å². The molecule has 3 aliphatic carbocycles. The van der Waals surface area contributed by atoms with Gasteiger partial charge in [0.15, 0.2) is 23.0 Å². The number of aliphatic carboxylic acids is 1. The van der Waals surface area contributed by atoms with Crippen LogP contribution < -0.4 is 0 Å². The van der Waals surface area contributed by atoms with Crippen molar-refractivity contribution in [2.24, 2.45) is 17.8 Å². The lowest BCUT2D eigenvalue weighted by atomic mass is 9.55. The highest BCUT2D eigenvalue weighted by atomic mass is 16.6. The van der Waals surface area contributed by atoms with Gasteiger partial charge in [0.05, 0.1) is 25.2 Å². The van der Waals surface area contributed by atoms with E-state index in [4.69, 9.17) is 4.74 Å². The maximum absolute atomic E-state index is 12.6. The first kappa shape index (κ1) is 28.5. The van der Waals surface area contributed by atoms with Crippen LogP contribution in [-0.4, -0.2) is 79.1 Å². The number of esters is 2. The summed E-state index contributed by atoms with van der Waals surface area (Å²) in [5, 5.41) is 70.3. The lowest BCUT2D eigenvalue weighted by Gasteiger charge is -2.51. The van der Waals surface area contributed by atoms with Gasteiger partial charge in [-0.1, -0.05) is 24.3 Å². The van der Waals surface area contributed by atoms with Crippen molar-refractivity contribution >= 4 is 17.9 Å². The maximum Gasteiger partial charge on any atom is 0.347 e. The average molecular weight is 557 g/mol. The number of aliphatic hydroxyl groups excluding tert-OH is 2. The van der Waals surface area contributed by atoms with Gasteiger partial charge in [-0.05, 0) is 41.0 Å². The fourth-order valence-corrected chi connectivity index (χ4v) is 5.48. The highest BCUT2D eigenvalue weighted by molar-refractivity contribution is 5.86. The molecule has 6 unspecified atom stereocenters. The van der Waals surface area contributed by atoms with Crippen LogP contribution in [-0.2, 0) is 30.3 Å². The largest absolute Gasteiger partial charge is 0.504 e. The number of phenolic OH excluding ortho intramolecular Hbond substituents is 4. The quantitative estimate of drug-likeness (QED) is 0.138. The molecule has 0 spiro atoms. The molecule has 1 saturated carbocycles. The van der Waals surface area contributed by atoms with E-state index in [1.807, 2.05) is 0 Å². The smallest absolute Gasteiger partial charge is 0.347 e. The second kappa shape index (κ2) is 11.3. The second-order valence-corrected chi connectivity index (χ2v) is 9.70. The first-order valence-corrected chi connectivity index (χ1v) is 12.2. The molecule has 212 valence electrons. The Morgan fingerprint density at radius 1 is 0.900 bits per heavy atom. The van der Waals surface area contributed by atoms with E-state index < -0.39 is 77.1 Å². The predicted octanol–water partition coefficient (Wildman–Crippen LogP) is 1.08. The number of benzene rings is 2. The molecule has 5 rings (SSSR count). The van der Waals surface area contributed by atoms with Crippen molar-refractivity contribution in [3.05, 3.63) is 71.3 Å². The monoisotopic (exact) mass is 556 g/mol. The van der Waals surface area contributed by atoms with Crippen molar-refractivity contribution in [3.8, 4) is 23.0 Å². The first-order chi connectivity index (χ1) is 18.9. The van der Waals surface area contributed by atoms with Crippen LogP contribution in [0.25, 0.3) is 0 Å². The molecule has 0 amide bonds. The maximum atomic E-state index is 12.6. The number of carbonyl (C=O) groups excluding carboxylic acids is 2. The summed E-state index contributed by atoms with van der Waals surface area (Å²) in [7, 11) is 1.10. The molecule has 12 heteroatoms. The number of carbonyl (C=O) groups is 3. The van der Waals surface area contributed by atoms with E-state index in [-0.39, 0.29) is 17.7 Å². The number of allylic oxidation sites excluding steroid dienone is 1. The lowest BCUT2D eigenvalue weighted by Crippen LogP contribution is -2.56. The number of hydrogen-bond acceptors (Lipinski definition) is 11. The van der Waals surface area contributed by atoms with Crippen molar-refractivity contribution < 1.29 is 59.6 Å². The summed E-state index contributed by atoms with van der Waals surface area (Å²) in [5.74, 6) is -8.97. The summed E-state index contributed by atoms with van der Waals surface area (Å²) in [6.07, 6.45) is -0.660. The minimum absolute atomic E-state index is 0.180. The predicted molar refractivity (Wildman–Crippen MR) is 135 cm³/mol. The van der Waals surface area contributed by atoms with Crippen molar-refractivity contribution in [1.82, 2.24) is 0 Å². The molecular weight excluding hydrogens is 528 g/mol. The SMILES string of the molecule is COC(=O)[C@@H](Cc1ccc(O)c(O)c1)OC(=O)/C=C/C1=CC2C(O)C(O)C1C(C(=O)O)C2c1ccc(O)c(O)c1. The molecule has 2 aromatic rings. The summed E-state index contributed by atoms with van der Waals surface area (Å²) in [6.45, 7) is 0. The van der Waals surface area contributed by atoms with Crippen LogP contribution in [0.3, 0.4) is 0 Å². The normalized spacial score (nSPS) is 26.2. The van der Waals surface area contributed by atoms with Crippen LogP contribution >= 0.6 is 0 Å². The van der Waals surface area contributed by atoms with E-state index in [0.717, 1.165) is 13.2 Å². The number of hydrogen-bond donors (Lipinski definition) is 7. The van der Waals surface area contributed by atoms with Gasteiger partial charge in [-0.25, -0.2) is 9.59 Å². The molecule has 7 atom stereocenters. The minimum Gasteiger partial charge on any atom is -0.504 e. The number of aromatic hydroxyl groups is 4. The Balaban J connectivity index is 1.58. The zero-order chi connectivity index (χ0) is 29.3. The average Bonchev–Trinajstić information content (AvgIpc) is 2.92. The van der Waals surface area contributed by atoms with Crippen LogP contribution in [0.1, 0.15) is 17.0 Å². The van der Waals surface area contributed by atoms with Gasteiger partial charge in [-0.15, -0.1) is 0 Å². The topological polar surface area (TPSA) is 211 Å². The third kappa shape index (κ3) is 5.44. The van der Waals surface area contributed by atoms with Gasteiger partial charge in [-0.3, -0.25) is 4.79 Å². The minimum atomic E-state index is -1.47. The summed E-state index contributed by atoms with van der Waals surface area (Å²) >= 11 is 0. The molecule has 0 aliphatic heterocycles. The standard InChI is InChI=1S/C28H28O12/c1-39-28(38)20(9-12-2-5-16(29)18(31)8-12)40-21(33)7-4-13-10-15-22(14-3-6-17(30)19(32)11-14)24(27(36)37)23(13)26(35)25(15)34/h2-8,10-11,15,20,22-26,29-32,34-35H,9H2,1H3,(H,36,37)/b7-4+/t15?,20-,22?,23?,24?,25?,26?/m1/s1. The van der Waals surface area contributed by atoms with Gasteiger partial charge in [0.1, 0.15) is 0 Å². The second-order valence-electron chi connectivity index (χ2n) is 9.70. The Hall–Kier alpha value is -4.55. The number of phenols is 4. The van der Waals surface area contributed by atoms with E-state index in [9.17, 15) is 50.1 Å². The van der Waals surface area contributed by atoms with E-state index in [2.05, 4.69) is 4.74 Å². The molecule has 0 aromatic heterocycles. The van der Waals surface area contributed by atoms with Gasteiger partial charge in [0.25, 0.3) is 0 Å². The van der Waals surface area contributed by atoms with Crippen LogP contribution in [0.5, 0.6) is 23.0 Å². The molecule has 7 N–H and O–H groups in total. The lowest BCUT2D eigenvalue weighted by molar-refractivity contribution is -0.162. The van der Waals surface area contributed by atoms with E-state index >= 15 is 0 Å². The molecule has 12 nitrogen and oxygen atoms in total. The van der Waals surface area contributed by atoms with Crippen molar-refractivity contribution in [3.63, 3.8) is 0 Å². The highest BCUT2D eigenvalue weighted by Gasteiger charge is 2.56. The molecule has 0 heterocycles. The van der Waals surface area contributed by atoms with E-state index in [1.165, 1.54) is 48.6 Å². The highest BCUT2D eigenvalue weighted by Crippen LogP contribution is 2.54. The number of rotatable bonds is 8. The van der Waals surface area contributed by atoms with Gasteiger partial charge >= 0.3 is 17.9 Å². The summed E-state index contributed by atoms with van der Waals surface area (Å²) in [4.78, 5) is 37.2. The fraction of sp³-hybridized carbons (Fsp3) is 0.321. The molecule has 0 saturated heterocycles. The van der Waals surface area contributed by atoms with E-state index in [0.29, 0.717) is 11.1 Å². The zero-order valence-corrected chi connectivity index (χ0v) is 21.1. The fourth-order valence-electron chi connectivity index (χ4n) is 5.48. The zero-order valence-electron chi connectivity index (χ0n) is 21.1. The first-order valence-electron chi connectivity index (χ1n) is 12.2. The number of carboxylic acids is 1. The van der Waals surface area contributed by atoms with Crippen LogP contribution in [0.4, 0.5) is 0 Å². The number of fused-ring (bicyclic) bond motifs is 2. The molecule has 40 heavy (non-hydrogen) atoms. The van der Waals surface area contributed by atoms with Gasteiger partial charge < -0.3 is 45.2 Å². The summed E-state index contributed by atoms with van der Waals surface area (Å²) in [5.41, 5.74) is 0.954. The third-order valence-electron chi connectivity index (χ3n) is 7.34. The Morgan fingerprint density at radius 2 is 1.55 bits per heavy atom. The van der Waals surface area contributed by atoms with Gasteiger partial charge in [0, 0.05) is 30.3 Å². The number of carboxylic acid groups (broad SMARTS) is 1. The summed E-state index contributed by atoms with van der Waals surface area (Å²) < 4.78 is 9.92. The molecular formula is C28H28O12. The van der Waals surface area contributed by atoms with E-state index in [1.54, 1.807) is 0 Å². The van der Waals surface area contributed by atoms with Crippen molar-refractivity contribution in [2.75, 3.05) is 7.11 Å². The molecule has 0 radical (unpaired) electrons. The van der Waals surface area contributed by atoms with Crippen molar-refractivity contribution in [2.45, 2.75) is 30.7 Å².